The van der Waals surface area contributed by atoms with Crippen LogP contribution in [-0.4, -0.2) is 26.3 Å². The van der Waals surface area contributed by atoms with Gasteiger partial charge in [0.15, 0.2) is 0 Å². The van der Waals surface area contributed by atoms with Gasteiger partial charge in [-0.25, -0.2) is 0 Å². The first-order valence-corrected chi connectivity index (χ1v) is 8.66. The molecule has 0 heterocycles. The monoisotopic (exact) mass is 353 g/mol. The summed E-state index contributed by atoms with van der Waals surface area (Å²) in [4.78, 5) is 0. The Labute approximate surface area is 135 Å². The molecule has 2 aliphatic carbocycles. The van der Waals surface area contributed by atoms with Crippen molar-refractivity contribution in [2.45, 2.75) is 50.7 Å². The van der Waals surface area contributed by atoms with E-state index in [1.54, 1.807) is 7.11 Å². The molecule has 1 aromatic carbocycles. The molecule has 0 saturated heterocycles. The van der Waals surface area contributed by atoms with Crippen molar-refractivity contribution in [3.05, 3.63) is 22.7 Å². The lowest BCUT2D eigenvalue weighted by atomic mass is 9.55. The van der Waals surface area contributed by atoms with Gasteiger partial charge in [-0.1, -0.05) is 19.3 Å². The van der Waals surface area contributed by atoms with E-state index in [0.717, 1.165) is 22.4 Å². The topological polar surface area (TPSA) is 30.5 Å². The lowest BCUT2D eigenvalue weighted by Crippen LogP contribution is -2.64. The van der Waals surface area contributed by atoms with Crippen molar-refractivity contribution in [1.29, 1.82) is 0 Å². The van der Waals surface area contributed by atoms with E-state index in [1.807, 2.05) is 18.2 Å². The van der Waals surface area contributed by atoms with Gasteiger partial charge in [-0.15, -0.1) is 0 Å². The van der Waals surface area contributed by atoms with Crippen LogP contribution in [0.5, 0.6) is 11.5 Å². The van der Waals surface area contributed by atoms with E-state index in [-0.39, 0.29) is 0 Å². The second-order valence-corrected chi connectivity index (χ2v) is 7.13. The molecule has 2 saturated carbocycles. The first kappa shape index (κ1) is 15.2. The average Bonchev–Trinajstić information content (AvgIpc) is 2.52. The van der Waals surface area contributed by atoms with E-state index < -0.39 is 0 Å². The maximum Gasteiger partial charge on any atom is 0.134 e. The van der Waals surface area contributed by atoms with E-state index in [1.165, 1.54) is 32.1 Å². The lowest BCUT2D eigenvalue weighted by molar-refractivity contribution is -0.101. The Bertz CT molecular complexity index is 500. The highest BCUT2D eigenvalue weighted by atomic mass is 79.9. The fourth-order valence-corrected chi connectivity index (χ4v) is 4.51. The highest BCUT2D eigenvalue weighted by molar-refractivity contribution is 9.10. The first-order chi connectivity index (χ1) is 10.2. The van der Waals surface area contributed by atoms with Crippen LogP contribution in [0.3, 0.4) is 0 Å². The molecule has 1 spiro atoms. The number of rotatable bonds is 4. The second-order valence-electron chi connectivity index (χ2n) is 6.27. The molecule has 0 bridgehead atoms. The van der Waals surface area contributed by atoms with Gasteiger partial charge >= 0.3 is 0 Å². The minimum Gasteiger partial charge on any atom is -0.497 e. The molecule has 2 atom stereocenters. The van der Waals surface area contributed by atoms with Crippen LogP contribution in [0.1, 0.15) is 38.5 Å². The molecule has 2 fully saturated rings. The van der Waals surface area contributed by atoms with Crippen molar-refractivity contribution < 1.29 is 9.47 Å². The van der Waals surface area contributed by atoms with Crippen LogP contribution < -0.4 is 14.8 Å². The first-order valence-electron chi connectivity index (χ1n) is 7.87. The third-order valence-electron chi connectivity index (χ3n) is 5.33. The van der Waals surface area contributed by atoms with Crippen molar-refractivity contribution in [3.63, 3.8) is 0 Å². The maximum atomic E-state index is 6.36. The van der Waals surface area contributed by atoms with E-state index >= 15 is 0 Å². The number of benzene rings is 1. The zero-order chi connectivity index (χ0) is 14.9. The summed E-state index contributed by atoms with van der Waals surface area (Å²) >= 11 is 3.59. The Balaban J connectivity index is 1.75. The Morgan fingerprint density at radius 3 is 2.62 bits per heavy atom. The molecule has 1 aromatic rings. The minimum absolute atomic E-state index is 0.333. The quantitative estimate of drug-likeness (QED) is 0.881. The molecule has 0 aliphatic heterocycles. The van der Waals surface area contributed by atoms with Crippen molar-refractivity contribution in [2.75, 3.05) is 14.2 Å². The number of hydrogen-bond donors (Lipinski definition) is 1. The Morgan fingerprint density at radius 1 is 1.24 bits per heavy atom. The standard InChI is InChI=1S/C17H24BrNO2/c1-19-15-11-16(17(15)8-4-3-5-9-17)21-14-7-6-12(20-2)10-13(14)18/h6-7,10,15-16,19H,3-5,8-9,11H2,1-2H3. The van der Waals surface area contributed by atoms with E-state index in [2.05, 4.69) is 28.3 Å². The largest absolute Gasteiger partial charge is 0.497 e. The van der Waals surface area contributed by atoms with Gasteiger partial charge in [0.25, 0.3) is 0 Å². The molecule has 116 valence electrons. The normalized spacial score (nSPS) is 27.2. The van der Waals surface area contributed by atoms with Gasteiger partial charge in [-0.05, 0) is 54.0 Å². The molecule has 1 N–H and O–H groups in total. The van der Waals surface area contributed by atoms with Gasteiger partial charge in [0.2, 0.25) is 0 Å². The van der Waals surface area contributed by atoms with Gasteiger partial charge in [0.1, 0.15) is 17.6 Å². The summed E-state index contributed by atoms with van der Waals surface area (Å²) in [5.74, 6) is 1.78. The highest BCUT2D eigenvalue weighted by Gasteiger charge is 2.56. The number of ether oxygens (including phenoxy) is 2. The van der Waals surface area contributed by atoms with Gasteiger partial charge in [-0.3, -0.25) is 0 Å². The number of halogens is 1. The van der Waals surface area contributed by atoms with Gasteiger partial charge in [0, 0.05) is 17.9 Å². The maximum absolute atomic E-state index is 6.36. The van der Waals surface area contributed by atoms with Gasteiger partial charge in [0.05, 0.1) is 11.6 Å². The number of methoxy groups -OCH3 is 1. The third kappa shape index (κ3) is 2.68. The van der Waals surface area contributed by atoms with Gasteiger partial charge < -0.3 is 14.8 Å². The fourth-order valence-electron chi connectivity index (χ4n) is 4.06. The summed E-state index contributed by atoms with van der Waals surface area (Å²) < 4.78 is 12.6. The summed E-state index contributed by atoms with van der Waals surface area (Å²) in [7, 11) is 3.77. The van der Waals surface area contributed by atoms with Crippen LogP contribution in [0.4, 0.5) is 0 Å². The van der Waals surface area contributed by atoms with Gasteiger partial charge in [-0.2, -0.15) is 0 Å². The van der Waals surface area contributed by atoms with Crippen LogP contribution >= 0.6 is 15.9 Å². The van der Waals surface area contributed by atoms with Crippen LogP contribution in [0.2, 0.25) is 0 Å². The molecular formula is C17H24BrNO2. The highest BCUT2D eigenvalue weighted by Crippen LogP contribution is 2.53. The Kier molecular flexibility index (Phi) is 4.46. The molecule has 2 aliphatic rings. The zero-order valence-electron chi connectivity index (χ0n) is 12.8. The molecule has 4 heteroatoms. The summed E-state index contributed by atoms with van der Waals surface area (Å²) in [6.45, 7) is 0. The Morgan fingerprint density at radius 2 is 2.00 bits per heavy atom. The van der Waals surface area contributed by atoms with Crippen LogP contribution in [0.15, 0.2) is 22.7 Å². The summed E-state index contributed by atoms with van der Waals surface area (Å²) in [5.41, 5.74) is 0.340. The van der Waals surface area contributed by atoms with Crippen molar-refractivity contribution in [2.24, 2.45) is 5.41 Å². The summed E-state index contributed by atoms with van der Waals surface area (Å²) in [6.07, 6.45) is 8.06. The predicted molar refractivity (Wildman–Crippen MR) is 88.1 cm³/mol. The molecule has 3 nitrogen and oxygen atoms in total. The van der Waals surface area contributed by atoms with Crippen LogP contribution in [0.25, 0.3) is 0 Å². The molecule has 21 heavy (non-hydrogen) atoms. The number of hydrogen-bond acceptors (Lipinski definition) is 3. The van der Waals surface area contributed by atoms with Crippen molar-refractivity contribution in [1.82, 2.24) is 5.32 Å². The SMILES string of the molecule is CNC1CC(Oc2ccc(OC)cc2Br)C12CCCCC2. The molecule has 0 aromatic heterocycles. The van der Waals surface area contributed by atoms with Crippen LogP contribution in [0, 0.1) is 5.41 Å². The minimum atomic E-state index is 0.333. The molecule has 3 rings (SSSR count). The smallest absolute Gasteiger partial charge is 0.134 e. The summed E-state index contributed by atoms with van der Waals surface area (Å²) in [6, 6.07) is 6.55. The molecule has 2 unspecified atom stereocenters. The van der Waals surface area contributed by atoms with E-state index in [0.29, 0.717) is 17.6 Å². The fraction of sp³-hybridized carbons (Fsp3) is 0.647. The number of nitrogens with one attached hydrogen (secondary N) is 1. The summed E-state index contributed by atoms with van der Waals surface area (Å²) in [5, 5.41) is 3.50. The van der Waals surface area contributed by atoms with Crippen LogP contribution in [-0.2, 0) is 0 Å². The molecule has 0 amide bonds. The van der Waals surface area contributed by atoms with E-state index in [9.17, 15) is 0 Å². The molecule has 0 radical (unpaired) electrons. The average molecular weight is 354 g/mol. The van der Waals surface area contributed by atoms with Crippen molar-refractivity contribution in [3.8, 4) is 11.5 Å². The van der Waals surface area contributed by atoms with E-state index in [4.69, 9.17) is 9.47 Å². The zero-order valence-corrected chi connectivity index (χ0v) is 14.4. The Hall–Kier alpha value is -0.740. The predicted octanol–water partition coefficient (Wildman–Crippen LogP) is 4.15. The lowest BCUT2D eigenvalue weighted by Gasteiger charge is -2.57. The molecular weight excluding hydrogens is 330 g/mol. The third-order valence-corrected chi connectivity index (χ3v) is 5.95. The second kappa shape index (κ2) is 6.17. The van der Waals surface area contributed by atoms with Crippen molar-refractivity contribution >= 4 is 15.9 Å².